The van der Waals surface area contributed by atoms with Gasteiger partial charge in [0, 0.05) is 24.6 Å². The molecule has 0 spiro atoms. The van der Waals surface area contributed by atoms with Gasteiger partial charge in [0.2, 0.25) is 5.91 Å². The molecule has 0 fully saturated rings. The van der Waals surface area contributed by atoms with E-state index in [0.29, 0.717) is 12.2 Å². The Balaban J connectivity index is 3.67. The molecule has 1 N–H and O–H groups in total. The highest BCUT2D eigenvalue weighted by atomic mass is 32.2. The largest absolute Gasteiger partial charge is 0.342 e. The number of carbonyl (C=O) groups excluding carboxylic acids is 1. The summed E-state index contributed by atoms with van der Waals surface area (Å²) < 4.78 is 29.6. The lowest BCUT2D eigenvalue weighted by Gasteiger charge is -2.22. The van der Waals surface area contributed by atoms with E-state index in [1.807, 2.05) is 25.7 Å². The van der Waals surface area contributed by atoms with E-state index in [1.165, 1.54) is 0 Å². The molecule has 0 aromatic carbocycles. The molecule has 0 bridgehead atoms. The van der Waals surface area contributed by atoms with Gasteiger partial charge in [0.15, 0.2) is 0 Å². The summed E-state index contributed by atoms with van der Waals surface area (Å²) >= 11 is 3.27. The molecule has 0 saturated heterocycles. The third kappa shape index (κ3) is 9.90. The lowest BCUT2D eigenvalue weighted by Crippen LogP contribution is -2.36. The second-order valence-electron chi connectivity index (χ2n) is 4.28. The molecule has 0 aromatic rings. The summed E-state index contributed by atoms with van der Waals surface area (Å²) in [6.45, 7) is 7.36. The maximum Gasteiger partial charge on any atom is 0.264 e. The van der Waals surface area contributed by atoms with Crippen molar-refractivity contribution in [2.45, 2.75) is 32.4 Å². The van der Waals surface area contributed by atoms with Crippen LogP contribution in [0.4, 0.5) is 0 Å². The number of carbonyl (C=O) groups is 1. The molecule has 0 aliphatic rings. The fraction of sp³-hybridized carbons (Fsp3) is 0.917. The minimum absolute atomic E-state index is 0.0340. The number of hydrogen-bond acceptors (Lipinski definition) is 5. The first-order chi connectivity index (χ1) is 9.31. The van der Waals surface area contributed by atoms with Crippen molar-refractivity contribution in [2.75, 3.05) is 36.1 Å². The van der Waals surface area contributed by atoms with Gasteiger partial charge >= 0.3 is 0 Å². The smallest absolute Gasteiger partial charge is 0.264 e. The van der Waals surface area contributed by atoms with Gasteiger partial charge in [-0.15, -0.1) is 11.8 Å². The molecule has 1 amide bonds. The summed E-state index contributed by atoms with van der Waals surface area (Å²) in [4.78, 5) is 13.8. The van der Waals surface area contributed by atoms with Gasteiger partial charge < -0.3 is 4.90 Å². The predicted molar refractivity (Wildman–Crippen MR) is 88.2 cm³/mol. The molecule has 0 aliphatic heterocycles. The highest BCUT2D eigenvalue weighted by Gasteiger charge is 2.17. The molecule has 0 aliphatic carbocycles. The standard InChI is InChI=1S/C12H25NO4S3/c1-4-13(5-2)12(14)11(3)19-9-8-18-7-6-10-20(15,16)17/h11H,4-10H2,1-3H3,(H,15,16,17). The molecule has 8 heteroatoms. The van der Waals surface area contributed by atoms with Crippen LogP contribution < -0.4 is 0 Å². The molecule has 0 radical (unpaired) electrons. The quantitative estimate of drug-likeness (QED) is 0.457. The third-order valence-corrected chi connectivity index (χ3v) is 5.98. The third-order valence-electron chi connectivity index (χ3n) is 2.71. The van der Waals surface area contributed by atoms with Crippen molar-refractivity contribution < 1.29 is 17.8 Å². The van der Waals surface area contributed by atoms with Crippen LogP contribution in [0.3, 0.4) is 0 Å². The SMILES string of the molecule is CCN(CC)C(=O)C(C)SCCSCCCS(=O)(=O)O. The molecule has 120 valence electrons. The van der Waals surface area contributed by atoms with E-state index in [-0.39, 0.29) is 16.9 Å². The van der Waals surface area contributed by atoms with Crippen LogP contribution in [0, 0.1) is 0 Å². The topological polar surface area (TPSA) is 74.7 Å². The Kier molecular flexibility index (Phi) is 10.8. The summed E-state index contributed by atoms with van der Waals surface area (Å²) in [5, 5.41) is -0.0340. The van der Waals surface area contributed by atoms with E-state index in [0.717, 1.165) is 24.6 Å². The van der Waals surface area contributed by atoms with Crippen molar-refractivity contribution >= 4 is 39.5 Å². The highest BCUT2D eigenvalue weighted by Crippen LogP contribution is 2.16. The van der Waals surface area contributed by atoms with Crippen LogP contribution in [0.5, 0.6) is 0 Å². The Hall–Kier alpha value is 0.0800. The molecular formula is C12H25NO4S3. The van der Waals surface area contributed by atoms with E-state index in [9.17, 15) is 13.2 Å². The van der Waals surface area contributed by atoms with Crippen molar-refractivity contribution in [3.05, 3.63) is 0 Å². The molecule has 0 rings (SSSR count). The summed E-state index contributed by atoms with van der Waals surface area (Å²) in [5.41, 5.74) is 0. The maximum absolute atomic E-state index is 12.0. The summed E-state index contributed by atoms with van der Waals surface area (Å²) in [6, 6.07) is 0. The van der Waals surface area contributed by atoms with Crippen molar-refractivity contribution in [3.8, 4) is 0 Å². The van der Waals surface area contributed by atoms with E-state index < -0.39 is 10.1 Å². The molecule has 20 heavy (non-hydrogen) atoms. The van der Waals surface area contributed by atoms with Gasteiger partial charge in [-0.2, -0.15) is 20.2 Å². The molecule has 1 unspecified atom stereocenters. The maximum atomic E-state index is 12.0. The Morgan fingerprint density at radius 2 is 1.80 bits per heavy atom. The first-order valence-electron chi connectivity index (χ1n) is 6.75. The zero-order valence-corrected chi connectivity index (χ0v) is 14.8. The van der Waals surface area contributed by atoms with Crippen molar-refractivity contribution in [2.24, 2.45) is 0 Å². The van der Waals surface area contributed by atoms with Gasteiger partial charge in [0.05, 0.1) is 11.0 Å². The monoisotopic (exact) mass is 343 g/mol. The molecule has 0 aromatic heterocycles. The number of amides is 1. The van der Waals surface area contributed by atoms with Gasteiger partial charge in [-0.05, 0) is 32.9 Å². The summed E-state index contributed by atoms with van der Waals surface area (Å²) in [5.74, 6) is 2.45. The molecule has 1 atom stereocenters. The molecule has 5 nitrogen and oxygen atoms in total. The van der Waals surface area contributed by atoms with Crippen molar-refractivity contribution in [1.29, 1.82) is 0 Å². The number of thioether (sulfide) groups is 2. The molecule has 0 saturated carbocycles. The average Bonchev–Trinajstić information content (AvgIpc) is 2.37. The molecule has 0 heterocycles. The zero-order chi connectivity index (χ0) is 15.6. The van der Waals surface area contributed by atoms with Crippen LogP contribution in [0.25, 0.3) is 0 Å². The average molecular weight is 344 g/mol. The fourth-order valence-electron chi connectivity index (χ4n) is 1.59. The van der Waals surface area contributed by atoms with E-state index in [1.54, 1.807) is 23.5 Å². The van der Waals surface area contributed by atoms with Gasteiger partial charge in [-0.25, -0.2) is 0 Å². The van der Waals surface area contributed by atoms with Crippen LogP contribution in [-0.2, 0) is 14.9 Å². The van der Waals surface area contributed by atoms with Crippen LogP contribution in [0.15, 0.2) is 0 Å². The zero-order valence-electron chi connectivity index (χ0n) is 12.4. The van der Waals surface area contributed by atoms with Crippen LogP contribution in [0.2, 0.25) is 0 Å². The van der Waals surface area contributed by atoms with E-state index >= 15 is 0 Å². The van der Waals surface area contributed by atoms with Crippen LogP contribution in [-0.4, -0.2) is 65.1 Å². The van der Waals surface area contributed by atoms with E-state index in [2.05, 4.69) is 0 Å². The number of rotatable bonds is 11. The van der Waals surface area contributed by atoms with Crippen molar-refractivity contribution in [3.63, 3.8) is 0 Å². The highest BCUT2D eigenvalue weighted by molar-refractivity contribution is 8.03. The summed E-state index contributed by atoms with van der Waals surface area (Å²) in [6.07, 6.45) is 0.460. The minimum Gasteiger partial charge on any atom is -0.342 e. The van der Waals surface area contributed by atoms with Crippen LogP contribution in [0.1, 0.15) is 27.2 Å². The number of hydrogen-bond donors (Lipinski definition) is 1. The Bertz CT molecular complexity index is 369. The second kappa shape index (κ2) is 10.8. The Morgan fingerprint density at radius 1 is 1.20 bits per heavy atom. The minimum atomic E-state index is -3.83. The van der Waals surface area contributed by atoms with Gasteiger partial charge in [-0.3, -0.25) is 9.35 Å². The van der Waals surface area contributed by atoms with Crippen LogP contribution >= 0.6 is 23.5 Å². The van der Waals surface area contributed by atoms with Gasteiger partial charge in [-0.1, -0.05) is 0 Å². The van der Waals surface area contributed by atoms with Crippen molar-refractivity contribution in [1.82, 2.24) is 4.90 Å². The first-order valence-corrected chi connectivity index (χ1v) is 10.6. The predicted octanol–water partition coefficient (Wildman–Crippen LogP) is 1.99. The normalized spacial score (nSPS) is 13.2. The lowest BCUT2D eigenvalue weighted by atomic mass is 10.4. The Labute approximate surface area is 131 Å². The fourth-order valence-corrected chi connectivity index (χ4v) is 4.34. The van der Waals surface area contributed by atoms with E-state index in [4.69, 9.17) is 4.55 Å². The first kappa shape index (κ1) is 20.1. The summed E-state index contributed by atoms with van der Waals surface area (Å²) in [7, 11) is -3.83. The van der Waals surface area contributed by atoms with Gasteiger partial charge in [0.1, 0.15) is 0 Å². The second-order valence-corrected chi connectivity index (χ2v) is 8.52. The lowest BCUT2D eigenvalue weighted by molar-refractivity contribution is -0.129. The number of nitrogens with zero attached hydrogens (tertiary/aromatic N) is 1. The molecular weight excluding hydrogens is 318 g/mol. The Morgan fingerprint density at radius 3 is 2.30 bits per heavy atom. The van der Waals surface area contributed by atoms with Gasteiger partial charge in [0.25, 0.3) is 10.1 Å².